The second-order valence-corrected chi connectivity index (χ2v) is 8.20. The summed E-state index contributed by atoms with van der Waals surface area (Å²) in [6.07, 6.45) is 3.44. The number of anilines is 4. The summed E-state index contributed by atoms with van der Waals surface area (Å²) >= 11 is 3.46. The van der Waals surface area contributed by atoms with Gasteiger partial charge in [0.1, 0.15) is 5.82 Å². The highest BCUT2D eigenvalue weighted by atomic mass is 79.9. The Hall–Kier alpha value is -3.02. The molecule has 0 spiro atoms. The van der Waals surface area contributed by atoms with Crippen LogP contribution in [0.5, 0.6) is 0 Å². The Balaban J connectivity index is 1.59. The fourth-order valence-corrected chi connectivity index (χ4v) is 3.61. The van der Waals surface area contributed by atoms with Gasteiger partial charge in [0.15, 0.2) is 0 Å². The van der Waals surface area contributed by atoms with Gasteiger partial charge in [0.05, 0.1) is 16.2 Å². The molecule has 0 atom stereocenters. The zero-order valence-electron chi connectivity index (χ0n) is 15.8. The maximum atomic E-state index is 10.9. The highest BCUT2D eigenvalue weighted by Gasteiger charge is 2.10. The number of benzene rings is 2. The standard InChI is InChI=1S/C19H18BrN7O2S/c1-11-6-13(7-17-14(11)9-22-27-17)24-19-21-10-15(20)18(26-19)25-16-5-3-2-4-12(16)8-23-30(28)29/h2-7,9-10,30H,8H2,1H3,(H,22,27)(H,23,28,29)(H2,21,24,25,26). The number of thiol groups is 1. The molecule has 0 amide bonds. The molecule has 0 bridgehead atoms. The topological polar surface area (TPSA) is 125 Å². The predicted molar refractivity (Wildman–Crippen MR) is 121 cm³/mol. The lowest BCUT2D eigenvalue weighted by atomic mass is 10.1. The Morgan fingerprint density at radius 2 is 1.97 bits per heavy atom. The lowest BCUT2D eigenvalue weighted by Gasteiger charge is -2.13. The number of H-pyrrole nitrogens is 1. The van der Waals surface area contributed by atoms with Crippen LogP contribution in [0.3, 0.4) is 0 Å². The first-order valence-corrected chi connectivity index (χ1v) is 10.9. The van der Waals surface area contributed by atoms with Crippen molar-refractivity contribution in [3.63, 3.8) is 0 Å². The van der Waals surface area contributed by atoms with Gasteiger partial charge in [0.2, 0.25) is 16.8 Å². The van der Waals surface area contributed by atoms with Gasteiger partial charge in [-0.3, -0.25) is 5.10 Å². The molecule has 4 aromatic rings. The molecule has 2 aromatic carbocycles. The molecule has 0 aliphatic rings. The first-order chi connectivity index (χ1) is 14.5. The number of aryl methyl sites for hydroxylation is 1. The quantitative estimate of drug-likeness (QED) is 0.252. The van der Waals surface area contributed by atoms with Gasteiger partial charge < -0.3 is 10.6 Å². The third-order valence-corrected chi connectivity index (χ3v) is 5.43. The molecule has 9 nitrogen and oxygen atoms in total. The summed E-state index contributed by atoms with van der Waals surface area (Å²) < 4.78 is 24.8. The van der Waals surface area contributed by atoms with E-state index in [4.69, 9.17) is 0 Å². The van der Waals surface area contributed by atoms with Crippen LogP contribution in [0.25, 0.3) is 10.9 Å². The third-order valence-electron chi connectivity index (χ3n) is 4.43. The van der Waals surface area contributed by atoms with Crippen LogP contribution >= 0.6 is 15.9 Å². The molecule has 0 saturated carbocycles. The van der Waals surface area contributed by atoms with E-state index in [9.17, 15) is 8.42 Å². The van der Waals surface area contributed by atoms with Gasteiger partial charge in [-0.05, 0) is 52.2 Å². The molecule has 0 aliphatic carbocycles. The van der Waals surface area contributed by atoms with Crippen molar-refractivity contribution in [2.75, 3.05) is 10.6 Å². The van der Waals surface area contributed by atoms with Crippen LogP contribution in [-0.4, -0.2) is 28.6 Å². The van der Waals surface area contributed by atoms with Gasteiger partial charge in [-0.1, -0.05) is 18.2 Å². The van der Waals surface area contributed by atoms with E-state index in [1.54, 1.807) is 12.4 Å². The van der Waals surface area contributed by atoms with Crippen LogP contribution in [0.4, 0.5) is 23.1 Å². The van der Waals surface area contributed by atoms with E-state index in [-0.39, 0.29) is 6.54 Å². The number of fused-ring (bicyclic) bond motifs is 1. The van der Waals surface area contributed by atoms with Crippen LogP contribution < -0.4 is 15.4 Å². The molecule has 4 N–H and O–H groups in total. The number of nitrogens with one attached hydrogen (secondary N) is 4. The molecule has 30 heavy (non-hydrogen) atoms. The predicted octanol–water partition coefficient (Wildman–Crippen LogP) is 3.53. The molecule has 154 valence electrons. The SMILES string of the molecule is Cc1cc(Nc2ncc(Br)c(Nc3ccccc3CN[SH](=O)=O)n2)cc2[nH]ncc12. The fraction of sp³-hybridized carbons (Fsp3) is 0.105. The molecule has 0 aliphatic heterocycles. The van der Waals surface area contributed by atoms with Gasteiger partial charge in [0, 0.05) is 29.5 Å². The monoisotopic (exact) mass is 487 g/mol. The Bertz CT molecular complexity index is 1280. The molecule has 4 rings (SSSR count). The fourth-order valence-electron chi connectivity index (χ4n) is 3.02. The van der Waals surface area contributed by atoms with E-state index in [2.05, 4.69) is 51.5 Å². The van der Waals surface area contributed by atoms with Gasteiger partial charge in [-0.15, -0.1) is 0 Å². The Kier molecular flexibility index (Phi) is 5.93. The molecule has 0 fully saturated rings. The Labute approximate surface area is 182 Å². The normalized spacial score (nSPS) is 11.2. The lowest BCUT2D eigenvalue weighted by molar-refractivity contribution is 0.601. The first kappa shape index (κ1) is 20.3. The second-order valence-electron chi connectivity index (χ2n) is 6.51. The van der Waals surface area contributed by atoms with Crippen molar-refractivity contribution in [1.29, 1.82) is 0 Å². The Morgan fingerprint density at radius 1 is 1.13 bits per heavy atom. The number of hydrogen-bond acceptors (Lipinski definition) is 7. The van der Waals surface area contributed by atoms with E-state index >= 15 is 0 Å². The number of rotatable bonds is 7. The van der Waals surface area contributed by atoms with Crippen molar-refractivity contribution < 1.29 is 8.42 Å². The lowest BCUT2D eigenvalue weighted by Crippen LogP contribution is -2.12. The molecule has 0 saturated heterocycles. The Morgan fingerprint density at radius 3 is 2.80 bits per heavy atom. The number of hydrogen-bond donors (Lipinski definition) is 5. The van der Waals surface area contributed by atoms with Crippen LogP contribution in [-0.2, 0) is 17.4 Å². The van der Waals surface area contributed by atoms with E-state index < -0.39 is 10.9 Å². The summed E-state index contributed by atoms with van der Waals surface area (Å²) in [6.45, 7) is 2.19. The van der Waals surface area contributed by atoms with Crippen molar-refractivity contribution in [1.82, 2.24) is 24.9 Å². The van der Waals surface area contributed by atoms with Crippen molar-refractivity contribution >= 4 is 60.9 Å². The number of nitrogens with zero attached hydrogens (tertiary/aromatic N) is 3. The summed E-state index contributed by atoms with van der Waals surface area (Å²) in [5.41, 5.74) is 4.36. The third kappa shape index (κ3) is 4.58. The van der Waals surface area contributed by atoms with Gasteiger partial charge >= 0.3 is 0 Å². The van der Waals surface area contributed by atoms with Gasteiger partial charge in [-0.25, -0.2) is 18.1 Å². The first-order valence-electron chi connectivity index (χ1n) is 8.96. The molecule has 2 aromatic heterocycles. The number of halogens is 1. The molecule has 11 heteroatoms. The number of aromatic amines is 1. The smallest absolute Gasteiger partial charge is 0.229 e. The highest BCUT2D eigenvalue weighted by molar-refractivity contribution is 9.10. The van der Waals surface area contributed by atoms with Crippen molar-refractivity contribution in [3.05, 3.63) is 64.4 Å². The van der Waals surface area contributed by atoms with E-state index in [0.29, 0.717) is 16.2 Å². The number of para-hydroxylation sites is 1. The van der Waals surface area contributed by atoms with Crippen LogP contribution in [0, 0.1) is 6.92 Å². The molecule has 0 radical (unpaired) electrons. The van der Waals surface area contributed by atoms with Crippen LogP contribution in [0.15, 0.2) is 53.3 Å². The largest absolute Gasteiger partial charge is 0.339 e. The summed E-state index contributed by atoms with van der Waals surface area (Å²) in [7, 11) is -2.68. The maximum absolute atomic E-state index is 10.9. The summed E-state index contributed by atoms with van der Waals surface area (Å²) in [5, 5.41) is 14.5. The average Bonchev–Trinajstić information content (AvgIpc) is 3.19. The van der Waals surface area contributed by atoms with Crippen LogP contribution in [0.2, 0.25) is 0 Å². The minimum Gasteiger partial charge on any atom is -0.339 e. The minimum atomic E-state index is -2.68. The van der Waals surface area contributed by atoms with Gasteiger partial charge in [0.25, 0.3) is 0 Å². The van der Waals surface area contributed by atoms with E-state index in [1.165, 1.54) is 0 Å². The second kappa shape index (κ2) is 8.78. The zero-order chi connectivity index (χ0) is 21.1. The highest BCUT2D eigenvalue weighted by Crippen LogP contribution is 2.28. The van der Waals surface area contributed by atoms with Crippen molar-refractivity contribution in [2.24, 2.45) is 0 Å². The molecule has 2 heterocycles. The minimum absolute atomic E-state index is 0.180. The summed E-state index contributed by atoms with van der Waals surface area (Å²) in [4.78, 5) is 8.88. The molecular formula is C19H18BrN7O2S. The number of aromatic nitrogens is 4. The van der Waals surface area contributed by atoms with E-state index in [0.717, 1.165) is 33.4 Å². The molecular weight excluding hydrogens is 470 g/mol. The van der Waals surface area contributed by atoms with E-state index in [1.807, 2.05) is 43.3 Å². The summed E-state index contributed by atoms with van der Waals surface area (Å²) in [6, 6.07) is 11.3. The van der Waals surface area contributed by atoms with Crippen LogP contribution in [0.1, 0.15) is 11.1 Å². The maximum Gasteiger partial charge on any atom is 0.229 e. The van der Waals surface area contributed by atoms with Gasteiger partial charge in [-0.2, -0.15) is 10.1 Å². The average molecular weight is 488 g/mol. The molecule has 0 unspecified atom stereocenters. The van der Waals surface area contributed by atoms with Crippen molar-refractivity contribution in [3.8, 4) is 0 Å². The van der Waals surface area contributed by atoms with Crippen molar-refractivity contribution in [2.45, 2.75) is 13.5 Å². The summed E-state index contributed by atoms with van der Waals surface area (Å²) in [5.74, 6) is 0.961. The zero-order valence-corrected chi connectivity index (χ0v) is 18.3.